The number of aryl methyl sites for hydroxylation is 1. The summed E-state index contributed by atoms with van der Waals surface area (Å²) in [6.45, 7) is 4.16. The van der Waals surface area contributed by atoms with Gasteiger partial charge in [0.25, 0.3) is 0 Å². The number of benzene rings is 2. The molecule has 0 spiro atoms. The summed E-state index contributed by atoms with van der Waals surface area (Å²) in [5.74, 6) is -0.255. The van der Waals surface area contributed by atoms with Crippen molar-refractivity contribution in [2.75, 3.05) is 5.43 Å². The van der Waals surface area contributed by atoms with E-state index in [1.165, 1.54) is 23.5 Å². The smallest absolute Gasteiger partial charge is 0.203 e. The Kier molecular flexibility index (Phi) is 5.04. The molecule has 0 amide bonds. The van der Waals surface area contributed by atoms with Crippen molar-refractivity contribution in [3.63, 3.8) is 0 Å². The highest BCUT2D eigenvalue weighted by molar-refractivity contribution is 7.14. The molecule has 0 aliphatic rings. The van der Waals surface area contributed by atoms with Crippen molar-refractivity contribution in [1.82, 2.24) is 9.55 Å². The summed E-state index contributed by atoms with van der Waals surface area (Å²) >= 11 is 1.46. The Hall–Kier alpha value is -3.25. The van der Waals surface area contributed by atoms with Crippen LogP contribution in [0.3, 0.4) is 0 Å². The fourth-order valence-corrected chi connectivity index (χ4v) is 3.80. The molecule has 0 saturated heterocycles. The van der Waals surface area contributed by atoms with Gasteiger partial charge in [0.15, 0.2) is 0 Å². The lowest BCUT2D eigenvalue weighted by Crippen LogP contribution is -1.99. The van der Waals surface area contributed by atoms with E-state index in [-0.39, 0.29) is 5.82 Å². The van der Waals surface area contributed by atoms with Gasteiger partial charge in [-0.2, -0.15) is 5.10 Å². The molecule has 140 valence electrons. The van der Waals surface area contributed by atoms with Gasteiger partial charge in [-0.1, -0.05) is 18.2 Å². The molecule has 2 aromatic heterocycles. The molecule has 4 nitrogen and oxygen atoms in total. The summed E-state index contributed by atoms with van der Waals surface area (Å²) in [6.07, 6.45) is 1.81. The Morgan fingerprint density at radius 3 is 2.57 bits per heavy atom. The second-order valence-corrected chi connectivity index (χ2v) is 7.27. The molecule has 6 heteroatoms. The SMILES string of the molecule is Cc1cc(/C=N/Nc2nc(-c3ccc(F)cc3)cs2)c(C)n1-c1ccccc1. The Morgan fingerprint density at radius 2 is 1.82 bits per heavy atom. The molecule has 0 unspecified atom stereocenters. The van der Waals surface area contributed by atoms with Gasteiger partial charge >= 0.3 is 0 Å². The standard InChI is InChI=1S/C22H19FN4S/c1-15-12-18(16(2)27(15)20-6-4-3-5-7-20)13-24-26-22-25-21(14-28-22)17-8-10-19(23)11-9-17/h3-14H,1-2H3,(H,25,26)/b24-13+. The van der Waals surface area contributed by atoms with Crippen LogP contribution in [0.5, 0.6) is 0 Å². The number of nitrogens with one attached hydrogen (secondary N) is 1. The monoisotopic (exact) mass is 390 g/mol. The van der Waals surface area contributed by atoms with E-state index < -0.39 is 0 Å². The van der Waals surface area contributed by atoms with E-state index in [4.69, 9.17) is 0 Å². The minimum Gasteiger partial charge on any atom is -0.318 e. The van der Waals surface area contributed by atoms with E-state index in [0.29, 0.717) is 5.13 Å². The van der Waals surface area contributed by atoms with Crippen LogP contribution < -0.4 is 5.43 Å². The van der Waals surface area contributed by atoms with Gasteiger partial charge in [-0.05, 0) is 56.3 Å². The summed E-state index contributed by atoms with van der Waals surface area (Å²) in [5, 5.41) is 6.95. The molecule has 28 heavy (non-hydrogen) atoms. The molecule has 0 atom stereocenters. The maximum Gasteiger partial charge on any atom is 0.203 e. The van der Waals surface area contributed by atoms with E-state index in [0.717, 1.165) is 33.9 Å². The first kappa shape index (κ1) is 18.1. The Labute approximate surface area is 167 Å². The number of anilines is 1. The molecule has 2 aromatic carbocycles. The highest BCUT2D eigenvalue weighted by Crippen LogP contribution is 2.25. The zero-order valence-electron chi connectivity index (χ0n) is 15.6. The maximum atomic E-state index is 13.1. The van der Waals surface area contributed by atoms with E-state index >= 15 is 0 Å². The molecule has 4 rings (SSSR count). The van der Waals surface area contributed by atoms with Gasteiger partial charge in [-0.15, -0.1) is 11.3 Å². The summed E-state index contributed by atoms with van der Waals surface area (Å²) in [6, 6.07) is 18.7. The highest BCUT2D eigenvalue weighted by atomic mass is 32.1. The van der Waals surface area contributed by atoms with Crippen molar-refractivity contribution in [3.8, 4) is 16.9 Å². The van der Waals surface area contributed by atoms with Crippen LogP contribution in [-0.4, -0.2) is 15.8 Å². The molecule has 0 fully saturated rings. The number of hydrazone groups is 1. The van der Waals surface area contributed by atoms with Crippen LogP contribution in [0.2, 0.25) is 0 Å². The first-order valence-corrected chi connectivity index (χ1v) is 9.75. The van der Waals surface area contributed by atoms with E-state index in [1.54, 1.807) is 18.3 Å². The van der Waals surface area contributed by atoms with Crippen molar-refractivity contribution in [1.29, 1.82) is 0 Å². The van der Waals surface area contributed by atoms with Gasteiger partial charge in [-0.3, -0.25) is 5.43 Å². The molecule has 1 N–H and O–H groups in total. The second-order valence-electron chi connectivity index (χ2n) is 6.41. The minimum atomic E-state index is -0.255. The molecule has 0 radical (unpaired) electrons. The fraction of sp³-hybridized carbons (Fsp3) is 0.0909. The van der Waals surface area contributed by atoms with Crippen LogP contribution in [0.4, 0.5) is 9.52 Å². The number of thiazole rings is 1. The lowest BCUT2D eigenvalue weighted by atomic mass is 10.2. The number of para-hydroxylation sites is 1. The van der Waals surface area contributed by atoms with Crippen molar-refractivity contribution >= 4 is 22.7 Å². The maximum absolute atomic E-state index is 13.1. The number of halogens is 1. The summed E-state index contributed by atoms with van der Waals surface area (Å²) in [5.41, 5.74) is 9.11. The quantitative estimate of drug-likeness (QED) is 0.345. The third-order valence-corrected chi connectivity index (χ3v) is 5.24. The summed E-state index contributed by atoms with van der Waals surface area (Å²) < 4.78 is 15.3. The lowest BCUT2D eigenvalue weighted by molar-refractivity contribution is 0.628. The Balaban J connectivity index is 1.50. The van der Waals surface area contributed by atoms with Gasteiger partial charge in [0.1, 0.15) is 5.82 Å². The highest BCUT2D eigenvalue weighted by Gasteiger charge is 2.09. The fourth-order valence-electron chi connectivity index (χ4n) is 3.13. The van der Waals surface area contributed by atoms with Crippen molar-refractivity contribution in [3.05, 3.63) is 88.8 Å². The molecular weight excluding hydrogens is 371 g/mol. The molecule has 0 aliphatic heterocycles. The number of rotatable bonds is 5. The minimum absolute atomic E-state index is 0.255. The predicted molar refractivity (Wildman–Crippen MR) is 114 cm³/mol. The molecule has 2 heterocycles. The van der Waals surface area contributed by atoms with Gasteiger partial charge < -0.3 is 4.57 Å². The van der Waals surface area contributed by atoms with E-state index in [2.05, 4.69) is 52.1 Å². The van der Waals surface area contributed by atoms with E-state index in [1.807, 2.05) is 23.6 Å². The van der Waals surface area contributed by atoms with Crippen molar-refractivity contribution in [2.24, 2.45) is 5.10 Å². The number of nitrogens with zero attached hydrogens (tertiary/aromatic N) is 3. The largest absolute Gasteiger partial charge is 0.318 e. The first-order chi connectivity index (χ1) is 13.6. The Bertz CT molecular complexity index is 1110. The number of aromatic nitrogens is 2. The number of hydrogen-bond donors (Lipinski definition) is 1. The van der Waals surface area contributed by atoms with E-state index in [9.17, 15) is 4.39 Å². The lowest BCUT2D eigenvalue weighted by Gasteiger charge is -2.08. The van der Waals surface area contributed by atoms with Crippen LogP contribution in [0.25, 0.3) is 16.9 Å². The number of hydrogen-bond acceptors (Lipinski definition) is 4. The molecule has 0 aliphatic carbocycles. The summed E-state index contributed by atoms with van der Waals surface area (Å²) in [4.78, 5) is 4.50. The zero-order valence-corrected chi connectivity index (χ0v) is 16.4. The van der Waals surface area contributed by atoms with Crippen LogP contribution in [0.15, 0.2) is 71.1 Å². The average molecular weight is 390 g/mol. The Morgan fingerprint density at radius 1 is 1.07 bits per heavy atom. The first-order valence-electron chi connectivity index (χ1n) is 8.87. The van der Waals surface area contributed by atoms with Crippen molar-refractivity contribution in [2.45, 2.75) is 13.8 Å². The third-order valence-electron chi connectivity index (χ3n) is 4.49. The molecular formula is C22H19FN4S. The zero-order chi connectivity index (χ0) is 19.5. The third kappa shape index (κ3) is 3.73. The predicted octanol–water partition coefficient (Wildman–Crippen LogP) is 5.80. The summed E-state index contributed by atoms with van der Waals surface area (Å²) in [7, 11) is 0. The molecule has 0 saturated carbocycles. The molecule has 0 bridgehead atoms. The van der Waals surface area contributed by atoms with Crippen LogP contribution in [0, 0.1) is 19.7 Å². The van der Waals surface area contributed by atoms with Crippen LogP contribution in [0.1, 0.15) is 17.0 Å². The van der Waals surface area contributed by atoms with Crippen LogP contribution >= 0.6 is 11.3 Å². The normalized spacial score (nSPS) is 11.2. The van der Waals surface area contributed by atoms with Gasteiger partial charge in [0.05, 0.1) is 11.9 Å². The second kappa shape index (κ2) is 7.78. The average Bonchev–Trinajstić information content (AvgIpc) is 3.28. The van der Waals surface area contributed by atoms with Gasteiger partial charge in [0, 0.05) is 33.6 Å². The van der Waals surface area contributed by atoms with Crippen molar-refractivity contribution < 1.29 is 4.39 Å². The van der Waals surface area contributed by atoms with Gasteiger partial charge in [-0.25, -0.2) is 9.37 Å². The molecule has 4 aromatic rings. The van der Waals surface area contributed by atoms with Gasteiger partial charge in [0.2, 0.25) is 5.13 Å². The topological polar surface area (TPSA) is 42.2 Å². The van der Waals surface area contributed by atoms with Crippen LogP contribution in [-0.2, 0) is 0 Å².